The Bertz CT molecular complexity index is 752. The van der Waals surface area contributed by atoms with E-state index in [1.807, 2.05) is 30.5 Å². The minimum atomic E-state index is 0.0388. The zero-order valence-corrected chi connectivity index (χ0v) is 14.5. The second-order valence-corrected chi connectivity index (χ2v) is 6.66. The molecule has 1 aliphatic rings. The molecule has 4 nitrogen and oxygen atoms in total. The Kier molecular flexibility index (Phi) is 4.95. The van der Waals surface area contributed by atoms with Crippen molar-refractivity contribution in [3.05, 3.63) is 62.5 Å². The summed E-state index contributed by atoms with van der Waals surface area (Å²) in [6.07, 6.45) is 1.82. The van der Waals surface area contributed by atoms with Crippen LogP contribution in [0.4, 0.5) is 5.69 Å². The zero-order chi connectivity index (χ0) is 16.4. The Hall–Kier alpha value is -1.49. The summed E-state index contributed by atoms with van der Waals surface area (Å²) >= 11 is 12.1. The summed E-state index contributed by atoms with van der Waals surface area (Å²) < 4.78 is 1.59. The van der Waals surface area contributed by atoms with E-state index in [4.69, 9.17) is 23.2 Å². The van der Waals surface area contributed by atoms with Gasteiger partial charge in [0.25, 0.3) is 5.56 Å². The van der Waals surface area contributed by atoms with Crippen molar-refractivity contribution in [1.29, 1.82) is 0 Å². The molecule has 1 fully saturated rings. The molecule has 0 atom stereocenters. The molecule has 1 aliphatic heterocycles. The fraction of sp³-hybridized carbons (Fsp3) is 0.353. The van der Waals surface area contributed by atoms with E-state index in [0.717, 1.165) is 44.0 Å². The predicted octanol–water partition coefficient (Wildman–Crippen LogP) is 3.01. The third-order valence-corrected chi connectivity index (χ3v) is 4.95. The molecule has 2 aromatic rings. The lowest BCUT2D eigenvalue weighted by Gasteiger charge is -2.36. The summed E-state index contributed by atoms with van der Waals surface area (Å²) in [5, 5.41) is 1.17. The number of rotatable bonds is 3. The van der Waals surface area contributed by atoms with Gasteiger partial charge in [-0.3, -0.25) is 9.69 Å². The normalized spacial score (nSPS) is 15.9. The number of piperazine rings is 1. The van der Waals surface area contributed by atoms with Crippen molar-refractivity contribution in [1.82, 2.24) is 9.47 Å². The van der Waals surface area contributed by atoms with Gasteiger partial charge in [0.1, 0.15) is 0 Å². The highest BCUT2D eigenvalue weighted by molar-refractivity contribution is 6.42. The van der Waals surface area contributed by atoms with Crippen LogP contribution in [0.2, 0.25) is 10.0 Å². The first-order valence-electron chi connectivity index (χ1n) is 7.61. The fourth-order valence-corrected chi connectivity index (χ4v) is 3.08. The molecule has 0 spiro atoms. The van der Waals surface area contributed by atoms with Crippen LogP contribution in [-0.4, -0.2) is 35.6 Å². The third-order valence-electron chi connectivity index (χ3n) is 4.22. The minimum Gasteiger partial charge on any atom is -0.369 e. The molecule has 0 radical (unpaired) electrons. The van der Waals surface area contributed by atoms with Crippen molar-refractivity contribution >= 4 is 28.9 Å². The van der Waals surface area contributed by atoms with E-state index < -0.39 is 0 Å². The number of anilines is 1. The van der Waals surface area contributed by atoms with Gasteiger partial charge in [-0.05, 0) is 29.8 Å². The van der Waals surface area contributed by atoms with Crippen LogP contribution in [0.3, 0.4) is 0 Å². The lowest BCUT2D eigenvalue weighted by atomic mass is 10.2. The van der Waals surface area contributed by atoms with Gasteiger partial charge >= 0.3 is 0 Å². The molecule has 0 aliphatic carbocycles. The van der Waals surface area contributed by atoms with E-state index in [1.165, 1.54) is 0 Å². The van der Waals surface area contributed by atoms with Gasteiger partial charge in [0, 0.05) is 57.7 Å². The molecule has 0 N–H and O–H groups in total. The Morgan fingerprint density at radius 3 is 2.39 bits per heavy atom. The molecule has 3 rings (SSSR count). The average Bonchev–Trinajstić information content (AvgIpc) is 2.54. The highest BCUT2D eigenvalue weighted by atomic mass is 35.5. The molecule has 2 heterocycles. The van der Waals surface area contributed by atoms with Crippen LogP contribution in [0.1, 0.15) is 5.56 Å². The first kappa shape index (κ1) is 16.4. The highest BCUT2D eigenvalue weighted by Crippen LogP contribution is 2.27. The number of aryl methyl sites for hydroxylation is 1. The molecule has 0 saturated carbocycles. The lowest BCUT2D eigenvalue weighted by molar-refractivity contribution is 0.249. The number of aromatic nitrogens is 1. The van der Waals surface area contributed by atoms with E-state index in [9.17, 15) is 4.79 Å². The first-order valence-corrected chi connectivity index (χ1v) is 8.36. The Morgan fingerprint density at radius 2 is 1.74 bits per heavy atom. The fourth-order valence-electron chi connectivity index (χ4n) is 2.79. The maximum Gasteiger partial charge on any atom is 0.250 e. The van der Waals surface area contributed by atoms with Crippen LogP contribution in [0, 0.1) is 0 Å². The highest BCUT2D eigenvalue weighted by Gasteiger charge is 2.18. The Balaban J connectivity index is 1.60. The van der Waals surface area contributed by atoms with Gasteiger partial charge in [0.2, 0.25) is 0 Å². The minimum absolute atomic E-state index is 0.0388. The van der Waals surface area contributed by atoms with Gasteiger partial charge in [0.05, 0.1) is 10.0 Å². The van der Waals surface area contributed by atoms with Crippen LogP contribution in [0.25, 0.3) is 0 Å². The quantitative estimate of drug-likeness (QED) is 0.850. The monoisotopic (exact) mass is 351 g/mol. The third kappa shape index (κ3) is 3.89. The van der Waals surface area contributed by atoms with Gasteiger partial charge in [-0.1, -0.05) is 23.2 Å². The van der Waals surface area contributed by atoms with Crippen molar-refractivity contribution in [3.63, 3.8) is 0 Å². The number of benzene rings is 1. The van der Waals surface area contributed by atoms with Crippen LogP contribution < -0.4 is 10.5 Å². The van der Waals surface area contributed by atoms with Gasteiger partial charge in [-0.2, -0.15) is 0 Å². The maximum absolute atomic E-state index is 11.7. The molecule has 0 bridgehead atoms. The van der Waals surface area contributed by atoms with Crippen molar-refractivity contribution < 1.29 is 0 Å². The summed E-state index contributed by atoms with van der Waals surface area (Å²) in [6.45, 7) is 4.59. The smallest absolute Gasteiger partial charge is 0.250 e. The summed E-state index contributed by atoms with van der Waals surface area (Å²) in [5.41, 5.74) is 2.21. The summed E-state index contributed by atoms with van der Waals surface area (Å²) in [6, 6.07) is 9.48. The summed E-state index contributed by atoms with van der Waals surface area (Å²) in [4.78, 5) is 16.4. The topological polar surface area (TPSA) is 28.5 Å². The molecule has 1 saturated heterocycles. The van der Waals surface area contributed by atoms with Crippen molar-refractivity contribution in [2.75, 3.05) is 31.1 Å². The molecule has 1 aromatic heterocycles. The SMILES string of the molecule is Cn1ccc(CN2CCN(c3ccc(Cl)c(Cl)c3)CC2)cc1=O. The number of nitrogens with zero attached hydrogens (tertiary/aromatic N) is 3. The number of halogens is 2. The van der Waals surface area contributed by atoms with Crippen molar-refractivity contribution in [2.24, 2.45) is 7.05 Å². The molecular weight excluding hydrogens is 333 g/mol. The number of hydrogen-bond donors (Lipinski definition) is 0. The van der Waals surface area contributed by atoms with E-state index in [1.54, 1.807) is 17.7 Å². The number of pyridine rings is 1. The maximum atomic E-state index is 11.7. The van der Waals surface area contributed by atoms with Gasteiger partial charge < -0.3 is 9.47 Å². The lowest BCUT2D eigenvalue weighted by Crippen LogP contribution is -2.46. The Morgan fingerprint density at radius 1 is 1.00 bits per heavy atom. The van der Waals surface area contributed by atoms with Crippen molar-refractivity contribution in [3.8, 4) is 0 Å². The predicted molar refractivity (Wildman–Crippen MR) is 95.6 cm³/mol. The summed E-state index contributed by atoms with van der Waals surface area (Å²) in [7, 11) is 1.77. The molecule has 0 amide bonds. The van der Waals surface area contributed by atoms with E-state index in [2.05, 4.69) is 9.80 Å². The first-order chi connectivity index (χ1) is 11.0. The molecule has 23 heavy (non-hydrogen) atoms. The zero-order valence-electron chi connectivity index (χ0n) is 13.0. The second kappa shape index (κ2) is 6.95. The van der Waals surface area contributed by atoms with Crippen molar-refractivity contribution in [2.45, 2.75) is 6.54 Å². The van der Waals surface area contributed by atoms with Crippen LogP contribution in [0.15, 0.2) is 41.3 Å². The Labute approximate surface area is 145 Å². The van der Waals surface area contributed by atoms with Crippen LogP contribution in [0.5, 0.6) is 0 Å². The second-order valence-electron chi connectivity index (χ2n) is 5.85. The van der Waals surface area contributed by atoms with Gasteiger partial charge in [0.15, 0.2) is 0 Å². The van der Waals surface area contributed by atoms with E-state index in [0.29, 0.717) is 10.0 Å². The summed E-state index contributed by atoms with van der Waals surface area (Å²) in [5.74, 6) is 0. The van der Waals surface area contributed by atoms with Crippen LogP contribution in [-0.2, 0) is 13.6 Å². The van der Waals surface area contributed by atoms with E-state index in [-0.39, 0.29) is 5.56 Å². The largest absolute Gasteiger partial charge is 0.369 e. The van der Waals surface area contributed by atoms with Gasteiger partial charge in [-0.25, -0.2) is 0 Å². The van der Waals surface area contributed by atoms with Crippen LogP contribution >= 0.6 is 23.2 Å². The average molecular weight is 352 g/mol. The molecule has 1 aromatic carbocycles. The molecule has 0 unspecified atom stereocenters. The molecule has 122 valence electrons. The van der Waals surface area contributed by atoms with E-state index >= 15 is 0 Å². The van der Waals surface area contributed by atoms with Gasteiger partial charge in [-0.15, -0.1) is 0 Å². The molecular formula is C17H19Cl2N3O. The standard InChI is InChI=1S/C17H19Cl2N3O/c1-20-5-4-13(10-17(20)23)12-21-6-8-22(9-7-21)14-2-3-15(18)16(19)11-14/h2-5,10-11H,6-9,12H2,1H3. The number of hydrogen-bond acceptors (Lipinski definition) is 3. The molecule has 6 heteroatoms.